The van der Waals surface area contributed by atoms with Crippen molar-refractivity contribution in [2.75, 3.05) is 6.61 Å². The molecule has 1 aliphatic rings. The Balaban J connectivity index is 2.27. The average Bonchev–Trinajstić information content (AvgIpc) is 2.60. The van der Waals surface area contributed by atoms with E-state index in [0.717, 1.165) is 0 Å². The van der Waals surface area contributed by atoms with Gasteiger partial charge in [0.25, 0.3) is 11.8 Å². The molecular formula is C11H13NO6. The number of carbonyl (C=O) groups excluding carboxylic acids is 4. The summed E-state index contributed by atoms with van der Waals surface area (Å²) in [6, 6.07) is 0. The predicted octanol–water partition coefficient (Wildman–Crippen LogP) is 0.103. The molecule has 1 saturated heterocycles. The van der Waals surface area contributed by atoms with Gasteiger partial charge in [-0.05, 0) is 0 Å². The Morgan fingerprint density at radius 3 is 2.39 bits per heavy atom. The van der Waals surface area contributed by atoms with E-state index in [2.05, 4.69) is 9.57 Å². The summed E-state index contributed by atoms with van der Waals surface area (Å²) in [5.74, 6) is -2.18. The van der Waals surface area contributed by atoms with Gasteiger partial charge in [0.2, 0.25) is 0 Å². The molecule has 0 radical (unpaired) electrons. The summed E-state index contributed by atoms with van der Waals surface area (Å²) in [4.78, 5) is 48.5. The Labute approximate surface area is 103 Å². The van der Waals surface area contributed by atoms with Crippen molar-refractivity contribution < 1.29 is 28.8 Å². The number of rotatable bonds is 5. The van der Waals surface area contributed by atoms with Gasteiger partial charge in [-0.2, -0.15) is 0 Å². The van der Waals surface area contributed by atoms with Gasteiger partial charge >= 0.3 is 11.9 Å². The third-order valence-corrected chi connectivity index (χ3v) is 2.03. The Kier molecular flexibility index (Phi) is 5.04. The second-order valence-corrected chi connectivity index (χ2v) is 3.52. The van der Waals surface area contributed by atoms with Gasteiger partial charge < -0.3 is 9.57 Å². The van der Waals surface area contributed by atoms with E-state index in [9.17, 15) is 19.2 Å². The average molecular weight is 255 g/mol. The fourth-order valence-electron chi connectivity index (χ4n) is 1.21. The zero-order valence-electron chi connectivity index (χ0n) is 9.88. The predicted molar refractivity (Wildman–Crippen MR) is 57.6 cm³/mol. The van der Waals surface area contributed by atoms with E-state index in [1.165, 1.54) is 19.1 Å². The van der Waals surface area contributed by atoms with Crippen LogP contribution in [0.3, 0.4) is 0 Å². The van der Waals surface area contributed by atoms with Gasteiger partial charge in [0.1, 0.15) is 6.61 Å². The van der Waals surface area contributed by atoms with Crippen molar-refractivity contribution in [1.29, 1.82) is 0 Å². The minimum atomic E-state index is -0.724. The summed E-state index contributed by atoms with van der Waals surface area (Å²) in [6.07, 6.45) is 2.91. The SMILES string of the molecule is CC(=O)OC/C=C/CC(=O)ON1C(=O)CCC1=O. The molecule has 0 spiro atoms. The largest absolute Gasteiger partial charge is 0.462 e. The number of hydrogen-bond acceptors (Lipinski definition) is 6. The zero-order chi connectivity index (χ0) is 13.5. The molecule has 0 saturated carbocycles. The smallest absolute Gasteiger partial charge is 0.336 e. The molecule has 98 valence electrons. The molecule has 0 unspecified atom stereocenters. The molecule has 1 rings (SSSR count). The van der Waals surface area contributed by atoms with Gasteiger partial charge in [-0.3, -0.25) is 14.4 Å². The maximum Gasteiger partial charge on any atom is 0.336 e. The molecule has 0 atom stereocenters. The summed E-state index contributed by atoms with van der Waals surface area (Å²) in [5.41, 5.74) is 0. The molecule has 7 nitrogen and oxygen atoms in total. The van der Waals surface area contributed by atoms with Crippen LogP contribution in [0.5, 0.6) is 0 Å². The maximum atomic E-state index is 11.3. The number of imide groups is 1. The number of hydrogen-bond donors (Lipinski definition) is 0. The highest BCUT2D eigenvalue weighted by atomic mass is 16.7. The lowest BCUT2D eigenvalue weighted by atomic mass is 10.4. The van der Waals surface area contributed by atoms with Crippen LogP contribution >= 0.6 is 0 Å². The van der Waals surface area contributed by atoms with Gasteiger partial charge in [0, 0.05) is 19.8 Å². The lowest BCUT2D eigenvalue weighted by Crippen LogP contribution is -2.31. The van der Waals surface area contributed by atoms with Crippen LogP contribution in [-0.4, -0.2) is 35.4 Å². The molecule has 0 aromatic carbocycles. The number of carbonyl (C=O) groups is 4. The monoisotopic (exact) mass is 255 g/mol. The van der Waals surface area contributed by atoms with Crippen LogP contribution in [-0.2, 0) is 28.8 Å². The summed E-state index contributed by atoms with van der Waals surface area (Å²) < 4.78 is 4.59. The van der Waals surface area contributed by atoms with Crippen molar-refractivity contribution in [2.24, 2.45) is 0 Å². The molecule has 0 aliphatic carbocycles. The molecule has 1 aliphatic heterocycles. The second kappa shape index (κ2) is 6.53. The number of ether oxygens (including phenoxy) is 1. The molecule has 7 heteroatoms. The third kappa shape index (κ3) is 4.36. The molecule has 1 heterocycles. The molecule has 0 aromatic rings. The fourth-order valence-corrected chi connectivity index (χ4v) is 1.21. The first-order valence-corrected chi connectivity index (χ1v) is 5.35. The van der Waals surface area contributed by atoms with Crippen molar-refractivity contribution >= 4 is 23.8 Å². The maximum absolute atomic E-state index is 11.3. The van der Waals surface area contributed by atoms with Crippen molar-refractivity contribution in [3.05, 3.63) is 12.2 Å². The molecule has 0 bridgehead atoms. The number of nitrogens with zero attached hydrogens (tertiary/aromatic N) is 1. The number of amides is 2. The Bertz CT molecular complexity index is 384. The normalized spacial score (nSPS) is 15.3. The van der Waals surface area contributed by atoms with Crippen LogP contribution in [0.1, 0.15) is 26.2 Å². The van der Waals surface area contributed by atoms with Crippen LogP contribution in [0.25, 0.3) is 0 Å². The molecule has 0 aromatic heterocycles. The van der Waals surface area contributed by atoms with Gasteiger partial charge in [-0.25, -0.2) is 4.79 Å². The molecular weight excluding hydrogens is 242 g/mol. The third-order valence-electron chi connectivity index (χ3n) is 2.03. The van der Waals surface area contributed by atoms with E-state index in [1.54, 1.807) is 0 Å². The first kappa shape index (κ1) is 13.9. The van der Waals surface area contributed by atoms with Gasteiger partial charge in [0.15, 0.2) is 0 Å². The van der Waals surface area contributed by atoms with Crippen LogP contribution in [0.4, 0.5) is 0 Å². The Morgan fingerprint density at radius 1 is 1.22 bits per heavy atom. The standard InChI is InChI=1S/C11H13NO6/c1-8(13)17-7-3-2-4-11(16)18-12-9(14)5-6-10(12)15/h2-3H,4-7H2,1H3/b3-2+. The first-order valence-electron chi connectivity index (χ1n) is 5.35. The zero-order valence-corrected chi connectivity index (χ0v) is 9.88. The highest BCUT2D eigenvalue weighted by molar-refractivity contribution is 6.01. The van der Waals surface area contributed by atoms with Crippen molar-refractivity contribution in [3.63, 3.8) is 0 Å². The fraction of sp³-hybridized carbons (Fsp3) is 0.455. The number of esters is 1. The summed E-state index contributed by atoms with van der Waals surface area (Å²) in [6.45, 7) is 1.33. The Morgan fingerprint density at radius 2 is 1.83 bits per heavy atom. The van der Waals surface area contributed by atoms with Crippen LogP contribution < -0.4 is 0 Å². The molecule has 1 fully saturated rings. The topological polar surface area (TPSA) is 90.0 Å². The minimum Gasteiger partial charge on any atom is -0.462 e. The summed E-state index contributed by atoms with van der Waals surface area (Å²) in [5, 5.41) is 0.488. The van der Waals surface area contributed by atoms with Crippen LogP contribution in [0.2, 0.25) is 0 Å². The van der Waals surface area contributed by atoms with E-state index in [1.807, 2.05) is 0 Å². The van der Waals surface area contributed by atoms with Gasteiger partial charge in [0.05, 0.1) is 6.42 Å². The molecule has 0 N–H and O–H groups in total. The van der Waals surface area contributed by atoms with Crippen LogP contribution in [0.15, 0.2) is 12.2 Å². The van der Waals surface area contributed by atoms with E-state index in [-0.39, 0.29) is 25.9 Å². The first-order chi connectivity index (χ1) is 8.50. The van der Waals surface area contributed by atoms with E-state index >= 15 is 0 Å². The van der Waals surface area contributed by atoms with E-state index in [4.69, 9.17) is 0 Å². The highest BCUT2D eigenvalue weighted by Crippen LogP contribution is 2.12. The quantitative estimate of drug-likeness (QED) is 0.393. The van der Waals surface area contributed by atoms with E-state index in [0.29, 0.717) is 5.06 Å². The molecule has 18 heavy (non-hydrogen) atoms. The van der Waals surface area contributed by atoms with Crippen molar-refractivity contribution in [2.45, 2.75) is 26.2 Å². The Hall–Kier alpha value is -2.18. The second-order valence-electron chi connectivity index (χ2n) is 3.52. The molecule has 2 amide bonds. The van der Waals surface area contributed by atoms with E-state index < -0.39 is 23.8 Å². The van der Waals surface area contributed by atoms with Gasteiger partial charge in [-0.15, -0.1) is 5.06 Å². The van der Waals surface area contributed by atoms with Gasteiger partial charge in [-0.1, -0.05) is 12.2 Å². The lowest BCUT2D eigenvalue weighted by Gasteiger charge is -2.11. The summed E-state index contributed by atoms with van der Waals surface area (Å²) in [7, 11) is 0. The number of hydroxylamine groups is 2. The van der Waals surface area contributed by atoms with Crippen LogP contribution in [0, 0.1) is 0 Å². The summed E-state index contributed by atoms with van der Waals surface area (Å²) >= 11 is 0. The van der Waals surface area contributed by atoms with Crippen molar-refractivity contribution in [3.8, 4) is 0 Å². The van der Waals surface area contributed by atoms with Crippen molar-refractivity contribution in [1.82, 2.24) is 5.06 Å². The minimum absolute atomic E-state index is 0.0597. The highest BCUT2D eigenvalue weighted by Gasteiger charge is 2.32. The lowest BCUT2D eigenvalue weighted by molar-refractivity contribution is -0.196.